The van der Waals surface area contributed by atoms with Gasteiger partial charge in [-0.3, -0.25) is 4.98 Å². The zero-order valence-electron chi connectivity index (χ0n) is 15.7. The summed E-state index contributed by atoms with van der Waals surface area (Å²) in [6, 6.07) is 15.0. The minimum absolute atomic E-state index is 0.290. The zero-order valence-corrected chi connectivity index (χ0v) is 16.5. The normalized spacial score (nSPS) is 15.9. The van der Waals surface area contributed by atoms with Crippen LogP contribution in [-0.2, 0) is 12.6 Å². The number of anilines is 1. The Balaban J connectivity index is 1.51. The number of halogens is 4. The number of fused-ring (bicyclic) bond motifs is 1. The SMILES string of the molecule is Fc1ccc(N2C=c3ncccc3=NC2SCCc2ccc(C(F)(F)F)cc2)cc1. The van der Waals surface area contributed by atoms with Crippen molar-refractivity contribution in [1.82, 2.24) is 4.98 Å². The number of hydrogen-bond acceptors (Lipinski definition) is 4. The molecule has 1 aromatic heterocycles. The van der Waals surface area contributed by atoms with Crippen LogP contribution in [0.3, 0.4) is 0 Å². The van der Waals surface area contributed by atoms with Crippen LogP contribution in [0.1, 0.15) is 11.1 Å². The third-order valence-corrected chi connectivity index (χ3v) is 5.70. The fraction of sp³-hybridized carbons (Fsp3) is 0.182. The molecule has 0 radical (unpaired) electrons. The third-order valence-electron chi connectivity index (χ3n) is 4.63. The van der Waals surface area contributed by atoms with Gasteiger partial charge in [0, 0.05) is 23.8 Å². The van der Waals surface area contributed by atoms with Crippen molar-refractivity contribution in [2.24, 2.45) is 4.99 Å². The van der Waals surface area contributed by atoms with E-state index in [2.05, 4.69) is 4.98 Å². The Kier molecular flexibility index (Phi) is 5.76. The summed E-state index contributed by atoms with van der Waals surface area (Å²) in [4.78, 5) is 11.0. The fourth-order valence-corrected chi connectivity index (χ4v) is 4.17. The van der Waals surface area contributed by atoms with Gasteiger partial charge in [0.05, 0.1) is 10.9 Å². The van der Waals surface area contributed by atoms with Crippen molar-refractivity contribution < 1.29 is 17.6 Å². The van der Waals surface area contributed by atoms with Crippen molar-refractivity contribution in [3.8, 4) is 0 Å². The number of nitrogens with zero attached hydrogens (tertiary/aromatic N) is 3. The van der Waals surface area contributed by atoms with Crippen molar-refractivity contribution >= 4 is 23.6 Å². The molecule has 1 aliphatic heterocycles. The fourth-order valence-electron chi connectivity index (χ4n) is 3.07. The lowest BCUT2D eigenvalue weighted by molar-refractivity contribution is -0.137. The van der Waals surface area contributed by atoms with E-state index in [1.165, 1.54) is 24.3 Å². The van der Waals surface area contributed by atoms with Gasteiger partial charge in [0.25, 0.3) is 0 Å². The number of aromatic nitrogens is 1. The van der Waals surface area contributed by atoms with Crippen LogP contribution in [0, 0.1) is 5.82 Å². The molecule has 4 rings (SSSR count). The number of benzene rings is 2. The second kappa shape index (κ2) is 8.47. The Morgan fingerprint density at radius 3 is 2.40 bits per heavy atom. The van der Waals surface area contributed by atoms with Gasteiger partial charge in [-0.25, -0.2) is 9.38 Å². The van der Waals surface area contributed by atoms with Crippen LogP contribution in [0.15, 0.2) is 71.9 Å². The molecular formula is C22H17F4N3S. The predicted molar refractivity (Wildman–Crippen MR) is 110 cm³/mol. The molecule has 0 fully saturated rings. The van der Waals surface area contributed by atoms with E-state index in [0.717, 1.165) is 34.1 Å². The maximum absolute atomic E-state index is 13.3. The Morgan fingerprint density at radius 1 is 0.967 bits per heavy atom. The lowest BCUT2D eigenvalue weighted by Gasteiger charge is -2.29. The predicted octanol–water partition coefficient (Wildman–Crippen LogP) is 4.38. The molecule has 0 saturated carbocycles. The second-order valence-corrected chi connectivity index (χ2v) is 7.85. The molecule has 1 atom stereocenters. The van der Waals surface area contributed by atoms with E-state index in [9.17, 15) is 17.6 Å². The maximum atomic E-state index is 13.3. The number of alkyl halides is 3. The zero-order chi connectivity index (χ0) is 21.1. The van der Waals surface area contributed by atoms with Crippen molar-refractivity contribution in [3.05, 3.63) is 94.5 Å². The highest BCUT2D eigenvalue weighted by atomic mass is 32.2. The van der Waals surface area contributed by atoms with Crippen LogP contribution < -0.4 is 15.6 Å². The molecule has 2 heterocycles. The molecule has 0 bridgehead atoms. The first kappa shape index (κ1) is 20.4. The van der Waals surface area contributed by atoms with Crippen molar-refractivity contribution in [2.75, 3.05) is 10.7 Å². The minimum Gasteiger partial charge on any atom is -0.315 e. The molecule has 3 nitrogen and oxygen atoms in total. The van der Waals surface area contributed by atoms with Crippen molar-refractivity contribution in [2.45, 2.75) is 18.1 Å². The molecule has 0 amide bonds. The second-order valence-electron chi connectivity index (χ2n) is 6.69. The monoisotopic (exact) mass is 431 g/mol. The third kappa shape index (κ3) is 4.64. The molecule has 3 aromatic rings. The number of rotatable bonds is 5. The Bertz CT molecular complexity index is 1130. The van der Waals surface area contributed by atoms with Gasteiger partial charge in [-0.1, -0.05) is 12.1 Å². The number of hydrogen-bond donors (Lipinski definition) is 0. The molecule has 0 spiro atoms. The highest BCUT2D eigenvalue weighted by Crippen LogP contribution is 2.30. The summed E-state index contributed by atoms with van der Waals surface area (Å²) in [6.07, 6.45) is -0.162. The van der Waals surface area contributed by atoms with Gasteiger partial charge >= 0.3 is 6.18 Å². The largest absolute Gasteiger partial charge is 0.416 e. The van der Waals surface area contributed by atoms with Crippen LogP contribution in [-0.4, -0.2) is 16.2 Å². The Labute approximate surface area is 174 Å². The minimum atomic E-state index is -4.33. The Morgan fingerprint density at radius 2 is 1.70 bits per heavy atom. The number of pyridine rings is 1. The van der Waals surface area contributed by atoms with E-state index in [4.69, 9.17) is 4.99 Å². The molecule has 0 aliphatic carbocycles. The first-order valence-corrected chi connectivity index (χ1v) is 10.3. The van der Waals surface area contributed by atoms with Gasteiger partial charge < -0.3 is 4.90 Å². The highest BCUT2D eigenvalue weighted by Gasteiger charge is 2.30. The highest BCUT2D eigenvalue weighted by molar-refractivity contribution is 8.00. The summed E-state index contributed by atoms with van der Waals surface area (Å²) in [6.45, 7) is 0. The van der Waals surface area contributed by atoms with E-state index in [1.807, 2.05) is 23.2 Å². The molecule has 1 aliphatic rings. The quantitative estimate of drug-likeness (QED) is 0.562. The first-order chi connectivity index (χ1) is 14.4. The Hall–Kier alpha value is -2.87. The van der Waals surface area contributed by atoms with E-state index in [1.54, 1.807) is 30.1 Å². The first-order valence-electron chi connectivity index (χ1n) is 9.22. The lowest BCUT2D eigenvalue weighted by Crippen LogP contribution is -2.42. The van der Waals surface area contributed by atoms with Crippen molar-refractivity contribution in [1.29, 1.82) is 0 Å². The topological polar surface area (TPSA) is 28.5 Å². The summed E-state index contributed by atoms with van der Waals surface area (Å²) in [7, 11) is 0. The van der Waals surface area contributed by atoms with Gasteiger partial charge in [0.1, 0.15) is 11.2 Å². The van der Waals surface area contributed by atoms with Crippen LogP contribution in [0.5, 0.6) is 0 Å². The summed E-state index contributed by atoms with van der Waals surface area (Å²) < 4.78 is 51.5. The van der Waals surface area contributed by atoms with Gasteiger partial charge in [-0.05, 0) is 60.5 Å². The molecule has 0 saturated heterocycles. The number of aryl methyl sites for hydroxylation is 1. The van der Waals surface area contributed by atoms with Crippen LogP contribution in [0.25, 0.3) is 6.20 Å². The lowest BCUT2D eigenvalue weighted by atomic mass is 10.1. The molecule has 1 unspecified atom stereocenters. The standard InChI is InChI=1S/C22H17F4N3S/c23-17-7-9-18(10-8-17)29-14-20-19(2-1-12-27-20)28-21(29)30-13-11-15-3-5-16(6-4-15)22(24,25)26/h1-10,12,14,21H,11,13H2. The van der Waals surface area contributed by atoms with Crippen LogP contribution in [0.4, 0.5) is 23.2 Å². The molecule has 154 valence electrons. The van der Waals surface area contributed by atoms with E-state index in [0.29, 0.717) is 12.2 Å². The van der Waals surface area contributed by atoms with E-state index < -0.39 is 11.7 Å². The number of thioether (sulfide) groups is 1. The van der Waals surface area contributed by atoms with Gasteiger partial charge in [-0.15, -0.1) is 11.8 Å². The summed E-state index contributed by atoms with van der Waals surface area (Å²) >= 11 is 1.56. The molecule has 30 heavy (non-hydrogen) atoms. The van der Waals surface area contributed by atoms with E-state index >= 15 is 0 Å². The average Bonchev–Trinajstić information content (AvgIpc) is 2.73. The maximum Gasteiger partial charge on any atom is 0.416 e. The van der Waals surface area contributed by atoms with Gasteiger partial charge in [0.15, 0.2) is 5.50 Å². The van der Waals surface area contributed by atoms with Gasteiger partial charge in [-0.2, -0.15) is 13.2 Å². The molecule has 2 aromatic carbocycles. The smallest absolute Gasteiger partial charge is 0.315 e. The molecule has 8 heteroatoms. The summed E-state index contributed by atoms with van der Waals surface area (Å²) in [5.41, 5.74) is 0.665. The molecule has 0 N–H and O–H groups in total. The summed E-state index contributed by atoms with van der Waals surface area (Å²) in [5.74, 6) is 0.332. The van der Waals surface area contributed by atoms with Gasteiger partial charge in [0.2, 0.25) is 0 Å². The average molecular weight is 431 g/mol. The molecular weight excluding hydrogens is 414 g/mol. The van der Waals surface area contributed by atoms with Crippen LogP contribution in [0.2, 0.25) is 0 Å². The van der Waals surface area contributed by atoms with E-state index in [-0.39, 0.29) is 11.3 Å². The van der Waals surface area contributed by atoms with Crippen molar-refractivity contribution in [3.63, 3.8) is 0 Å². The van der Waals surface area contributed by atoms with Crippen LogP contribution >= 0.6 is 11.8 Å². The summed E-state index contributed by atoms with van der Waals surface area (Å²) in [5, 5.41) is 1.49.